The lowest BCUT2D eigenvalue weighted by atomic mass is 10.0. The number of benzene rings is 2. The molecule has 1 aromatic heterocycles. The molecule has 2 amide bonds. The first-order valence-corrected chi connectivity index (χ1v) is 10.4. The van der Waals surface area contributed by atoms with E-state index in [1.807, 2.05) is 17.4 Å². The summed E-state index contributed by atoms with van der Waals surface area (Å²) in [6.45, 7) is 0.934. The topological polar surface area (TPSA) is 112 Å². The lowest BCUT2D eigenvalue weighted by molar-refractivity contribution is -0.132. The second-order valence-corrected chi connectivity index (χ2v) is 7.61. The average Bonchev–Trinajstić information content (AvgIpc) is 3.47. The van der Waals surface area contributed by atoms with Crippen molar-refractivity contribution in [1.29, 1.82) is 0 Å². The molecule has 34 heavy (non-hydrogen) atoms. The van der Waals surface area contributed by atoms with Crippen molar-refractivity contribution in [3.8, 4) is 11.1 Å². The molecular weight excluding hydrogens is 453 g/mol. The Kier molecular flexibility index (Phi) is 7.07. The van der Waals surface area contributed by atoms with Crippen molar-refractivity contribution in [2.24, 2.45) is 0 Å². The predicted octanol–water partition coefficient (Wildman–Crippen LogP) is 2.61. The van der Waals surface area contributed by atoms with E-state index in [-0.39, 0.29) is 18.8 Å². The molecule has 0 saturated carbocycles. The van der Waals surface area contributed by atoms with Crippen LogP contribution in [0.1, 0.15) is 11.3 Å². The molecule has 2 aromatic carbocycles. The van der Waals surface area contributed by atoms with E-state index in [0.29, 0.717) is 24.2 Å². The zero-order valence-electron chi connectivity index (χ0n) is 17.8. The SMILES string of the molecule is O=C(NC[C@H]1CN(c2ccc(-c3ccc(CNCc4cnn[nH]4)cc3)c(F)c2)C(=O)O1)C(F)F. The minimum atomic E-state index is -3.15. The number of ether oxygens (including phenoxy) is 1. The fourth-order valence-corrected chi connectivity index (χ4v) is 3.49. The molecule has 2 heterocycles. The van der Waals surface area contributed by atoms with Gasteiger partial charge in [-0.2, -0.15) is 8.78 Å². The standard InChI is InChI=1S/C22H21F3N6O3/c23-19-7-16(31-12-17(34-22(31)33)11-27-21(32)20(24)25)5-6-18(19)14-3-1-13(2-4-14)8-26-9-15-10-28-30-29-15/h1-7,10,17,20,26H,8-9,11-12H2,(H,27,32)(H,28,29,30)/t17-/m0/s1. The maximum atomic E-state index is 14.9. The first kappa shape index (κ1) is 23.2. The minimum Gasteiger partial charge on any atom is -0.442 e. The molecular formula is C22H21F3N6O3. The molecule has 0 bridgehead atoms. The number of rotatable bonds is 9. The van der Waals surface area contributed by atoms with E-state index in [1.54, 1.807) is 30.5 Å². The molecule has 1 aliphatic heterocycles. The number of alkyl halides is 2. The number of anilines is 1. The number of hydrogen-bond donors (Lipinski definition) is 3. The number of nitrogens with zero attached hydrogens (tertiary/aromatic N) is 3. The summed E-state index contributed by atoms with van der Waals surface area (Å²) < 4.78 is 44.5. The number of cyclic esters (lactones) is 1. The molecule has 9 nitrogen and oxygen atoms in total. The molecule has 0 unspecified atom stereocenters. The van der Waals surface area contributed by atoms with Crippen LogP contribution in [0.2, 0.25) is 0 Å². The number of hydrogen-bond acceptors (Lipinski definition) is 6. The minimum absolute atomic E-state index is 0.00253. The Labute approximate surface area is 192 Å². The molecule has 1 fully saturated rings. The van der Waals surface area contributed by atoms with Gasteiger partial charge in [-0.05, 0) is 29.3 Å². The maximum absolute atomic E-state index is 14.9. The highest BCUT2D eigenvalue weighted by molar-refractivity contribution is 5.90. The molecule has 0 radical (unpaired) electrons. The predicted molar refractivity (Wildman–Crippen MR) is 115 cm³/mol. The molecule has 12 heteroatoms. The maximum Gasteiger partial charge on any atom is 0.414 e. The van der Waals surface area contributed by atoms with Crippen LogP contribution in [0.15, 0.2) is 48.7 Å². The van der Waals surface area contributed by atoms with E-state index >= 15 is 0 Å². The van der Waals surface area contributed by atoms with Gasteiger partial charge in [0, 0.05) is 18.7 Å². The van der Waals surface area contributed by atoms with E-state index in [1.165, 1.54) is 11.0 Å². The van der Waals surface area contributed by atoms with Crippen LogP contribution in [-0.4, -0.2) is 53.0 Å². The summed E-state index contributed by atoms with van der Waals surface area (Å²) in [5.41, 5.74) is 3.17. The van der Waals surface area contributed by atoms with Gasteiger partial charge in [-0.25, -0.2) is 9.18 Å². The van der Waals surface area contributed by atoms with Gasteiger partial charge in [0.05, 0.1) is 30.7 Å². The van der Waals surface area contributed by atoms with Crippen molar-refractivity contribution in [1.82, 2.24) is 26.0 Å². The quantitative estimate of drug-likeness (QED) is 0.440. The summed E-state index contributed by atoms with van der Waals surface area (Å²) in [7, 11) is 0. The zero-order valence-corrected chi connectivity index (χ0v) is 17.8. The fraction of sp³-hybridized carbons (Fsp3) is 0.273. The largest absolute Gasteiger partial charge is 0.442 e. The molecule has 4 rings (SSSR count). The van der Waals surface area contributed by atoms with Gasteiger partial charge in [-0.3, -0.25) is 14.8 Å². The number of aromatic amines is 1. The Hall–Kier alpha value is -3.93. The monoisotopic (exact) mass is 474 g/mol. The number of carbonyl (C=O) groups is 2. The van der Waals surface area contributed by atoms with Crippen LogP contribution in [-0.2, 0) is 22.6 Å². The summed E-state index contributed by atoms with van der Waals surface area (Å²) in [6.07, 6.45) is -3.08. The average molecular weight is 474 g/mol. The third kappa shape index (κ3) is 5.52. The van der Waals surface area contributed by atoms with E-state index < -0.39 is 30.3 Å². The number of H-pyrrole nitrogens is 1. The van der Waals surface area contributed by atoms with Gasteiger partial charge < -0.3 is 15.4 Å². The molecule has 0 spiro atoms. The van der Waals surface area contributed by atoms with Gasteiger partial charge in [-0.1, -0.05) is 29.5 Å². The Bertz CT molecular complexity index is 1140. The van der Waals surface area contributed by atoms with E-state index in [9.17, 15) is 22.8 Å². The summed E-state index contributed by atoms with van der Waals surface area (Å²) in [6, 6.07) is 11.7. The molecule has 178 valence electrons. The number of carbonyl (C=O) groups excluding carboxylic acids is 2. The fourth-order valence-electron chi connectivity index (χ4n) is 3.49. The summed E-state index contributed by atoms with van der Waals surface area (Å²) in [5.74, 6) is -1.97. The third-order valence-corrected chi connectivity index (χ3v) is 5.22. The van der Waals surface area contributed by atoms with Crippen molar-refractivity contribution >= 4 is 17.7 Å². The lowest BCUT2D eigenvalue weighted by Gasteiger charge is -2.15. The van der Waals surface area contributed by atoms with Gasteiger partial charge >= 0.3 is 12.5 Å². The van der Waals surface area contributed by atoms with Crippen molar-refractivity contribution in [2.75, 3.05) is 18.0 Å². The first-order chi connectivity index (χ1) is 16.4. The Morgan fingerprint density at radius 2 is 2.00 bits per heavy atom. The molecule has 3 aromatic rings. The molecule has 1 aliphatic rings. The Morgan fingerprint density at radius 3 is 2.68 bits per heavy atom. The molecule has 1 atom stereocenters. The van der Waals surface area contributed by atoms with Crippen LogP contribution >= 0.6 is 0 Å². The third-order valence-electron chi connectivity index (χ3n) is 5.22. The molecule has 0 aliphatic carbocycles. The van der Waals surface area contributed by atoms with Crippen LogP contribution in [0.4, 0.5) is 23.7 Å². The van der Waals surface area contributed by atoms with Crippen LogP contribution in [0, 0.1) is 5.82 Å². The first-order valence-electron chi connectivity index (χ1n) is 10.4. The van der Waals surface area contributed by atoms with Gasteiger partial charge in [0.25, 0.3) is 5.91 Å². The number of halogens is 3. The highest BCUT2D eigenvalue weighted by Crippen LogP contribution is 2.29. The summed E-state index contributed by atoms with van der Waals surface area (Å²) in [5, 5.41) is 15.4. The highest BCUT2D eigenvalue weighted by atomic mass is 19.3. The zero-order chi connectivity index (χ0) is 24.1. The van der Waals surface area contributed by atoms with Crippen LogP contribution in [0.25, 0.3) is 11.1 Å². The summed E-state index contributed by atoms with van der Waals surface area (Å²) in [4.78, 5) is 24.3. The smallest absolute Gasteiger partial charge is 0.414 e. The number of nitrogens with one attached hydrogen (secondary N) is 3. The van der Waals surface area contributed by atoms with Gasteiger partial charge in [0.1, 0.15) is 11.9 Å². The highest BCUT2D eigenvalue weighted by Gasteiger charge is 2.33. The van der Waals surface area contributed by atoms with Crippen molar-refractivity contribution in [3.63, 3.8) is 0 Å². The number of amides is 2. The van der Waals surface area contributed by atoms with Gasteiger partial charge in [-0.15, -0.1) is 5.10 Å². The van der Waals surface area contributed by atoms with Crippen molar-refractivity contribution < 1.29 is 27.5 Å². The molecule has 1 saturated heterocycles. The van der Waals surface area contributed by atoms with E-state index in [2.05, 4.69) is 20.7 Å². The summed E-state index contributed by atoms with van der Waals surface area (Å²) >= 11 is 0. The van der Waals surface area contributed by atoms with Crippen molar-refractivity contribution in [3.05, 3.63) is 65.7 Å². The van der Waals surface area contributed by atoms with Gasteiger partial charge in [0.2, 0.25) is 0 Å². The molecule has 3 N–H and O–H groups in total. The van der Waals surface area contributed by atoms with E-state index in [0.717, 1.165) is 11.3 Å². The van der Waals surface area contributed by atoms with Crippen LogP contribution in [0.3, 0.4) is 0 Å². The Morgan fingerprint density at radius 1 is 1.21 bits per heavy atom. The second kappa shape index (κ2) is 10.3. The van der Waals surface area contributed by atoms with E-state index in [4.69, 9.17) is 4.74 Å². The lowest BCUT2D eigenvalue weighted by Crippen LogP contribution is -2.37. The van der Waals surface area contributed by atoms with Gasteiger partial charge in [0.15, 0.2) is 0 Å². The Balaban J connectivity index is 1.36. The van der Waals surface area contributed by atoms with Crippen LogP contribution in [0.5, 0.6) is 0 Å². The van der Waals surface area contributed by atoms with Crippen LogP contribution < -0.4 is 15.5 Å². The second-order valence-electron chi connectivity index (χ2n) is 7.61. The normalized spacial score (nSPS) is 15.6. The number of aromatic nitrogens is 3. The van der Waals surface area contributed by atoms with Crippen molar-refractivity contribution in [2.45, 2.75) is 25.6 Å².